The van der Waals surface area contributed by atoms with Crippen molar-refractivity contribution < 1.29 is 14.6 Å². The molecule has 0 aromatic carbocycles. The monoisotopic (exact) mass is 227 g/mol. The molecule has 0 radical (unpaired) electrons. The Morgan fingerprint density at radius 2 is 2.47 bits per heavy atom. The first kappa shape index (κ1) is 10.4. The molecule has 4 nitrogen and oxygen atoms in total. The van der Waals surface area contributed by atoms with Gasteiger partial charge in [0.05, 0.1) is 0 Å². The Morgan fingerprint density at radius 1 is 1.73 bits per heavy atom. The van der Waals surface area contributed by atoms with E-state index in [0.29, 0.717) is 11.1 Å². The molecule has 0 fully saturated rings. The van der Waals surface area contributed by atoms with Gasteiger partial charge in [-0.1, -0.05) is 18.5 Å². The van der Waals surface area contributed by atoms with E-state index in [9.17, 15) is 9.90 Å². The summed E-state index contributed by atoms with van der Waals surface area (Å²) in [6.45, 7) is 1.79. The Hall–Kier alpha value is -1.13. The summed E-state index contributed by atoms with van der Waals surface area (Å²) < 4.78 is 4.88. The van der Waals surface area contributed by atoms with E-state index in [1.165, 1.54) is 6.20 Å². The van der Waals surface area contributed by atoms with Crippen LogP contribution >= 0.6 is 11.6 Å². The molecule has 0 saturated carbocycles. The summed E-state index contributed by atoms with van der Waals surface area (Å²) in [6.07, 6.45) is 1.72. The fraction of sp³-hybridized carbons (Fsp3) is 0.400. The van der Waals surface area contributed by atoms with Crippen LogP contribution in [0.1, 0.15) is 24.5 Å². The molecule has 0 amide bonds. The van der Waals surface area contributed by atoms with Crippen molar-refractivity contribution in [2.75, 3.05) is 0 Å². The number of cyclic esters (lactones) is 1. The summed E-state index contributed by atoms with van der Waals surface area (Å²) in [5.74, 6) is -0.625. The SMILES string of the molecule is CCC1(O)C(=O)OCc2c1ccnc2Cl. The van der Waals surface area contributed by atoms with Gasteiger partial charge in [0.1, 0.15) is 11.8 Å². The fourth-order valence-corrected chi connectivity index (χ4v) is 1.91. The van der Waals surface area contributed by atoms with Crippen molar-refractivity contribution in [2.45, 2.75) is 25.6 Å². The summed E-state index contributed by atoms with van der Waals surface area (Å²) >= 11 is 5.86. The first-order chi connectivity index (χ1) is 7.09. The van der Waals surface area contributed by atoms with Crippen LogP contribution in [0, 0.1) is 0 Å². The molecule has 0 aliphatic carbocycles. The smallest absolute Gasteiger partial charge is 0.343 e. The van der Waals surface area contributed by atoms with Crippen LogP contribution in [0.25, 0.3) is 0 Å². The van der Waals surface area contributed by atoms with Gasteiger partial charge in [-0.25, -0.2) is 9.78 Å². The van der Waals surface area contributed by atoms with E-state index in [2.05, 4.69) is 4.98 Å². The largest absolute Gasteiger partial charge is 0.458 e. The summed E-state index contributed by atoms with van der Waals surface area (Å²) in [6, 6.07) is 1.60. The lowest BCUT2D eigenvalue weighted by molar-refractivity contribution is -0.172. The number of nitrogens with zero attached hydrogens (tertiary/aromatic N) is 1. The van der Waals surface area contributed by atoms with Crippen LogP contribution < -0.4 is 0 Å². The third-order valence-electron chi connectivity index (χ3n) is 2.65. The van der Waals surface area contributed by atoms with Crippen molar-refractivity contribution in [3.8, 4) is 0 Å². The highest BCUT2D eigenvalue weighted by Gasteiger charge is 2.43. The lowest BCUT2D eigenvalue weighted by Crippen LogP contribution is -2.41. The highest BCUT2D eigenvalue weighted by molar-refractivity contribution is 6.30. The predicted octanol–water partition coefficient (Wildman–Crippen LogP) is 1.39. The molecule has 1 atom stereocenters. The summed E-state index contributed by atoms with van der Waals surface area (Å²) in [7, 11) is 0. The van der Waals surface area contributed by atoms with E-state index in [1.54, 1.807) is 13.0 Å². The average Bonchev–Trinajstić information content (AvgIpc) is 2.24. The summed E-state index contributed by atoms with van der Waals surface area (Å²) in [5.41, 5.74) is -0.496. The summed E-state index contributed by atoms with van der Waals surface area (Å²) in [4.78, 5) is 15.4. The molecule has 1 N–H and O–H groups in total. The van der Waals surface area contributed by atoms with Crippen molar-refractivity contribution in [1.82, 2.24) is 4.98 Å². The molecule has 1 aliphatic heterocycles. The predicted molar refractivity (Wildman–Crippen MR) is 53.2 cm³/mol. The number of ether oxygens (including phenoxy) is 1. The Balaban J connectivity index is 2.63. The van der Waals surface area contributed by atoms with Gasteiger partial charge in [0.25, 0.3) is 0 Å². The first-order valence-electron chi connectivity index (χ1n) is 4.63. The van der Waals surface area contributed by atoms with Crippen molar-refractivity contribution in [3.63, 3.8) is 0 Å². The third-order valence-corrected chi connectivity index (χ3v) is 2.97. The topological polar surface area (TPSA) is 59.4 Å². The second kappa shape index (κ2) is 3.47. The molecular formula is C10H10ClNO3. The molecule has 2 heterocycles. The van der Waals surface area contributed by atoms with E-state index < -0.39 is 11.6 Å². The van der Waals surface area contributed by atoms with E-state index in [-0.39, 0.29) is 18.2 Å². The quantitative estimate of drug-likeness (QED) is 0.582. The zero-order valence-electron chi connectivity index (χ0n) is 8.16. The Morgan fingerprint density at radius 3 is 3.13 bits per heavy atom. The molecule has 1 aromatic heterocycles. The molecule has 80 valence electrons. The number of pyridine rings is 1. The number of hydrogen-bond acceptors (Lipinski definition) is 4. The third kappa shape index (κ3) is 1.41. The zero-order valence-corrected chi connectivity index (χ0v) is 8.91. The first-order valence-corrected chi connectivity index (χ1v) is 5.01. The van der Waals surface area contributed by atoms with E-state index in [1.807, 2.05) is 0 Å². The van der Waals surface area contributed by atoms with Crippen LogP contribution in [0.3, 0.4) is 0 Å². The Labute approximate surface area is 91.8 Å². The molecule has 15 heavy (non-hydrogen) atoms. The van der Waals surface area contributed by atoms with E-state index in [0.717, 1.165) is 0 Å². The number of carbonyl (C=O) groups is 1. The normalized spacial score (nSPS) is 24.6. The van der Waals surface area contributed by atoms with Gasteiger partial charge in [0.15, 0.2) is 5.60 Å². The molecular weight excluding hydrogens is 218 g/mol. The van der Waals surface area contributed by atoms with Gasteiger partial charge in [0.2, 0.25) is 0 Å². The number of aliphatic hydroxyl groups is 1. The van der Waals surface area contributed by atoms with Crippen LogP contribution in [0.4, 0.5) is 0 Å². The van der Waals surface area contributed by atoms with Crippen molar-refractivity contribution >= 4 is 17.6 Å². The molecule has 0 spiro atoms. The number of halogens is 1. The number of fused-ring (bicyclic) bond motifs is 1. The lowest BCUT2D eigenvalue weighted by Gasteiger charge is -2.31. The molecule has 1 aliphatic rings. The number of carbonyl (C=O) groups excluding carboxylic acids is 1. The number of esters is 1. The molecule has 1 aromatic rings. The van der Waals surface area contributed by atoms with Crippen LogP contribution in [-0.4, -0.2) is 16.1 Å². The van der Waals surface area contributed by atoms with Crippen LogP contribution in [0.5, 0.6) is 0 Å². The Kier molecular flexibility index (Phi) is 2.40. The number of aromatic nitrogens is 1. The van der Waals surface area contributed by atoms with Gasteiger partial charge in [-0.2, -0.15) is 0 Å². The Bertz CT molecular complexity index is 421. The minimum atomic E-state index is -1.58. The van der Waals surface area contributed by atoms with Crippen LogP contribution in [-0.2, 0) is 21.7 Å². The van der Waals surface area contributed by atoms with Gasteiger partial charge in [0, 0.05) is 17.3 Å². The van der Waals surface area contributed by atoms with Crippen molar-refractivity contribution in [2.24, 2.45) is 0 Å². The molecule has 5 heteroatoms. The van der Waals surface area contributed by atoms with Crippen LogP contribution in [0.15, 0.2) is 12.3 Å². The van der Waals surface area contributed by atoms with E-state index >= 15 is 0 Å². The highest BCUT2D eigenvalue weighted by atomic mass is 35.5. The van der Waals surface area contributed by atoms with Gasteiger partial charge >= 0.3 is 5.97 Å². The minimum Gasteiger partial charge on any atom is -0.458 e. The highest BCUT2D eigenvalue weighted by Crippen LogP contribution is 2.36. The van der Waals surface area contributed by atoms with Gasteiger partial charge in [-0.05, 0) is 12.5 Å². The van der Waals surface area contributed by atoms with Crippen LogP contribution in [0.2, 0.25) is 5.15 Å². The van der Waals surface area contributed by atoms with E-state index in [4.69, 9.17) is 16.3 Å². The standard InChI is InChI=1S/C10H10ClNO3/c1-2-10(14)7-3-4-12-8(11)6(7)5-15-9(10)13/h3-4,14H,2,5H2,1H3. The zero-order chi connectivity index (χ0) is 11.1. The number of rotatable bonds is 1. The van der Waals surface area contributed by atoms with Gasteiger partial charge in [-0.15, -0.1) is 0 Å². The summed E-state index contributed by atoms with van der Waals surface area (Å²) in [5, 5.41) is 10.4. The molecule has 0 bridgehead atoms. The van der Waals surface area contributed by atoms with Gasteiger partial charge in [-0.3, -0.25) is 0 Å². The molecule has 0 saturated heterocycles. The second-order valence-corrected chi connectivity index (χ2v) is 3.78. The fourth-order valence-electron chi connectivity index (χ4n) is 1.69. The van der Waals surface area contributed by atoms with Gasteiger partial charge < -0.3 is 9.84 Å². The molecule has 1 unspecified atom stereocenters. The number of hydrogen-bond donors (Lipinski definition) is 1. The van der Waals surface area contributed by atoms with Crippen molar-refractivity contribution in [1.29, 1.82) is 0 Å². The molecule has 2 rings (SSSR count). The maximum Gasteiger partial charge on any atom is 0.343 e. The van der Waals surface area contributed by atoms with Crippen molar-refractivity contribution in [3.05, 3.63) is 28.5 Å². The minimum absolute atomic E-state index is 0.0726. The average molecular weight is 228 g/mol. The lowest BCUT2D eigenvalue weighted by atomic mass is 9.87. The second-order valence-electron chi connectivity index (χ2n) is 3.42. The maximum atomic E-state index is 11.5. The maximum absolute atomic E-state index is 11.5.